The lowest BCUT2D eigenvalue weighted by atomic mass is 10.0. The lowest BCUT2D eigenvalue weighted by Gasteiger charge is -2.20. The van der Waals surface area contributed by atoms with Crippen molar-refractivity contribution in [2.75, 3.05) is 18.8 Å². The first kappa shape index (κ1) is 17.9. The summed E-state index contributed by atoms with van der Waals surface area (Å²) in [6.07, 6.45) is 3.60. The number of hydrogen-bond acceptors (Lipinski definition) is 3. The van der Waals surface area contributed by atoms with Gasteiger partial charge in [0.2, 0.25) is 10.0 Å². The molecule has 0 aliphatic carbocycles. The van der Waals surface area contributed by atoms with E-state index in [0.29, 0.717) is 5.92 Å². The Morgan fingerprint density at radius 3 is 2.22 bits per heavy atom. The van der Waals surface area contributed by atoms with E-state index >= 15 is 0 Å². The molecule has 2 N–H and O–H groups in total. The fourth-order valence-electron chi connectivity index (χ4n) is 1.82. The molecule has 0 spiro atoms. The molecule has 0 fully saturated rings. The van der Waals surface area contributed by atoms with Crippen LogP contribution in [0.2, 0.25) is 0 Å². The van der Waals surface area contributed by atoms with Crippen LogP contribution in [0, 0.1) is 5.92 Å². The maximum absolute atomic E-state index is 11.9. The van der Waals surface area contributed by atoms with E-state index in [-0.39, 0.29) is 11.8 Å². The quantitative estimate of drug-likeness (QED) is 0.569. The van der Waals surface area contributed by atoms with Gasteiger partial charge >= 0.3 is 0 Å². The molecular formula is C13H30N2O2S. The summed E-state index contributed by atoms with van der Waals surface area (Å²) in [5.74, 6) is 0.584. The number of unbranched alkanes of at least 4 members (excludes halogenated alkanes) is 1. The van der Waals surface area contributed by atoms with Crippen LogP contribution in [0.15, 0.2) is 0 Å². The Kier molecular flexibility index (Phi) is 9.68. The summed E-state index contributed by atoms with van der Waals surface area (Å²) in [6.45, 7) is 10.2. The molecule has 4 nitrogen and oxygen atoms in total. The van der Waals surface area contributed by atoms with E-state index in [4.69, 9.17) is 0 Å². The lowest BCUT2D eigenvalue weighted by molar-refractivity contribution is 0.436. The van der Waals surface area contributed by atoms with Gasteiger partial charge in [0.25, 0.3) is 0 Å². The molecule has 18 heavy (non-hydrogen) atoms. The first-order valence-electron chi connectivity index (χ1n) is 7.13. The molecule has 5 heteroatoms. The van der Waals surface area contributed by atoms with Gasteiger partial charge in [-0.1, -0.05) is 27.7 Å². The first-order valence-corrected chi connectivity index (χ1v) is 8.78. The van der Waals surface area contributed by atoms with Crippen LogP contribution in [-0.2, 0) is 10.0 Å². The maximum atomic E-state index is 11.9. The molecule has 0 amide bonds. The van der Waals surface area contributed by atoms with Gasteiger partial charge in [0, 0.05) is 6.04 Å². The molecular weight excluding hydrogens is 248 g/mol. The third-order valence-corrected chi connectivity index (χ3v) is 4.51. The Balaban J connectivity index is 3.86. The minimum atomic E-state index is -3.11. The highest BCUT2D eigenvalue weighted by Gasteiger charge is 2.18. The fourth-order valence-corrected chi connectivity index (χ4v) is 3.43. The summed E-state index contributed by atoms with van der Waals surface area (Å²) in [6, 6.07) is 0.0632. The van der Waals surface area contributed by atoms with Gasteiger partial charge in [0.05, 0.1) is 5.75 Å². The molecule has 0 aliphatic heterocycles. The Labute approximate surface area is 113 Å². The van der Waals surface area contributed by atoms with Gasteiger partial charge in [-0.25, -0.2) is 13.1 Å². The van der Waals surface area contributed by atoms with Crippen molar-refractivity contribution < 1.29 is 8.42 Å². The topological polar surface area (TPSA) is 58.2 Å². The Hall–Kier alpha value is -0.130. The molecule has 0 aliphatic rings. The fraction of sp³-hybridized carbons (Fsp3) is 1.00. The molecule has 0 aromatic carbocycles. The minimum Gasteiger partial charge on any atom is -0.317 e. The van der Waals surface area contributed by atoms with Gasteiger partial charge in [-0.05, 0) is 44.7 Å². The third kappa shape index (κ3) is 8.89. The van der Waals surface area contributed by atoms with Crippen molar-refractivity contribution in [3.63, 3.8) is 0 Å². The zero-order valence-electron chi connectivity index (χ0n) is 12.3. The molecule has 1 unspecified atom stereocenters. The lowest BCUT2D eigenvalue weighted by Crippen LogP contribution is -2.39. The second-order valence-electron chi connectivity index (χ2n) is 5.15. The van der Waals surface area contributed by atoms with Crippen molar-refractivity contribution in [1.29, 1.82) is 0 Å². The van der Waals surface area contributed by atoms with E-state index in [1.165, 1.54) is 0 Å². The zero-order chi connectivity index (χ0) is 14.0. The Bertz CT molecular complexity index is 289. The average molecular weight is 278 g/mol. The summed E-state index contributed by atoms with van der Waals surface area (Å²) < 4.78 is 26.5. The molecule has 0 radical (unpaired) electrons. The van der Waals surface area contributed by atoms with Crippen LogP contribution in [0.1, 0.15) is 53.4 Å². The average Bonchev–Trinajstić information content (AvgIpc) is 2.30. The first-order chi connectivity index (χ1) is 8.43. The third-order valence-electron chi connectivity index (χ3n) is 3.02. The second-order valence-corrected chi connectivity index (χ2v) is 7.03. The predicted octanol–water partition coefficient (Wildman–Crippen LogP) is 2.12. The summed E-state index contributed by atoms with van der Waals surface area (Å²) in [5, 5.41) is 3.28. The molecule has 0 saturated heterocycles. The van der Waals surface area contributed by atoms with E-state index in [1.807, 2.05) is 20.8 Å². The van der Waals surface area contributed by atoms with Crippen molar-refractivity contribution in [1.82, 2.24) is 10.0 Å². The standard InChI is InChI=1S/C13H30N2O2S/c1-5-9-14-10-7-8-11-18(16,17)15-13(6-2)12(3)4/h12-15H,5-11H2,1-4H3. The molecule has 0 heterocycles. The summed E-state index contributed by atoms with van der Waals surface area (Å²) in [5.41, 5.74) is 0. The van der Waals surface area contributed by atoms with Crippen molar-refractivity contribution in [2.45, 2.75) is 59.4 Å². The van der Waals surface area contributed by atoms with Gasteiger partial charge < -0.3 is 5.32 Å². The van der Waals surface area contributed by atoms with Crippen LogP contribution in [0.3, 0.4) is 0 Å². The van der Waals surface area contributed by atoms with Crippen molar-refractivity contribution in [2.24, 2.45) is 5.92 Å². The molecule has 0 aromatic rings. The van der Waals surface area contributed by atoms with Gasteiger partial charge in [-0.2, -0.15) is 0 Å². The summed E-state index contributed by atoms with van der Waals surface area (Å²) >= 11 is 0. The highest BCUT2D eigenvalue weighted by Crippen LogP contribution is 2.07. The zero-order valence-corrected chi connectivity index (χ0v) is 13.1. The van der Waals surface area contributed by atoms with Crippen molar-refractivity contribution >= 4 is 10.0 Å². The van der Waals surface area contributed by atoms with Crippen LogP contribution in [-0.4, -0.2) is 33.3 Å². The van der Waals surface area contributed by atoms with E-state index < -0.39 is 10.0 Å². The summed E-state index contributed by atoms with van der Waals surface area (Å²) in [4.78, 5) is 0. The second kappa shape index (κ2) is 9.75. The molecule has 0 aromatic heterocycles. The van der Waals surface area contributed by atoms with E-state index in [9.17, 15) is 8.42 Å². The maximum Gasteiger partial charge on any atom is 0.211 e. The minimum absolute atomic E-state index is 0.0632. The number of rotatable bonds is 11. The highest BCUT2D eigenvalue weighted by atomic mass is 32.2. The number of hydrogen-bond donors (Lipinski definition) is 2. The molecule has 0 saturated carbocycles. The SMILES string of the molecule is CCCNCCCCS(=O)(=O)NC(CC)C(C)C. The normalized spacial score (nSPS) is 14.1. The Morgan fingerprint density at radius 2 is 1.72 bits per heavy atom. The predicted molar refractivity (Wildman–Crippen MR) is 78.2 cm³/mol. The van der Waals surface area contributed by atoms with Gasteiger partial charge in [-0.3, -0.25) is 0 Å². The number of sulfonamides is 1. The monoisotopic (exact) mass is 278 g/mol. The highest BCUT2D eigenvalue weighted by molar-refractivity contribution is 7.89. The van der Waals surface area contributed by atoms with Crippen molar-refractivity contribution in [3.05, 3.63) is 0 Å². The van der Waals surface area contributed by atoms with E-state index in [1.54, 1.807) is 0 Å². The molecule has 0 bridgehead atoms. The van der Waals surface area contributed by atoms with Gasteiger partial charge in [0.1, 0.15) is 0 Å². The van der Waals surface area contributed by atoms with Gasteiger partial charge in [0.15, 0.2) is 0 Å². The van der Waals surface area contributed by atoms with E-state index in [2.05, 4.69) is 17.0 Å². The van der Waals surface area contributed by atoms with Crippen molar-refractivity contribution in [3.8, 4) is 0 Å². The van der Waals surface area contributed by atoms with Gasteiger partial charge in [-0.15, -0.1) is 0 Å². The van der Waals surface area contributed by atoms with Crippen LogP contribution in [0.25, 0.3) is 0 Å². The largest absolute Gasteiger partial charge is 0.317 e. The Morgan fingerprint density at radius 1 is 1.06 bits per heavy atom. The van der Waals surface area contributed by atoms with E-state index in [0.717, 1.165) is 38.8 Å². The van der Waals surface area contributed by atoms with Crippen LogP contribution < -0.4 is 10.0 Å². The summed E-state index contributed by atoms with van der Waals surface area (Å²) in [7, 11) is -3.11. The van der Waals surface area contributed by atoms with Crippen LogP contribution in [0.5, 0.6) is 0 Å². The molecule has 110 valence electrons. The van der Waals surface area contributed by atoms with Crippen LogP contribution >= 0.6 is 0 Å². The smallest absolute Gasteiger partial charge is 0.211 e. The number of nitrogens with one attached hydrogen (secondary N) is 2. The molecule has 1 atom stereocenters. The van der Waals surface area contributed by atoms with Crippen LogP contribution in [0.4, 0.5) is 0 Å². The molecule has 0 rings (SSSR count).